The van der Waals surface area contributed by atoms with Crippen LogP contribution in [0.4, 0.5) is 5.69 Å². The number of rotatable bonds is 4. The second-order valence-corrected chi connectivity index (χ2v) is 6.56. The van der Waals surface area contributed by atoms with E-state index >= 15 is 0 Å². The smallest absolute Gasteiger partial charge is 0.252 e. The molecule has 116 valence electrons. The lowest BCUT2D eigenvalue weighted by atomic mass is 10.0. The Bertz CT molecular complexity index is 619. The number of benzene rings is 1. The second-order valence-electron chi connectivity index (χ2n) is 5.78. The zero-order chi connectivity index (χ0) is 15.4. The van der Waals surface area contributed by atoms with Crippen molar-refractivity contribution < 1.29 is 4.79 Å². The van der Waals surface area contributed by atoms with Crippen LogP contribution in [0.25, 0.3) is 0 Å². The summed E-state index contributed by atoms with van der Waals surface area (Å²) in [5.41, 5.74) is 8.66. The first-order valence-corrected chi connectivity index (χ1v) is 8.55. The molecule has 0 atom stereocenters. The Hall–Kier alpha value is -1.85. The van der Waals surface area contributed by atoms with Gasteiger partial charge in [0.1, 0.15) is 0 Å². The molecule has 4 nitrogen and oxygen atoms in total. The molecule has 0 aliphatic carbocycles. The third-order valence-corrected chi connectivity index (χ3v) is 4.75. The zero-order valence-corrected chi connectivity index (χ0v) is 13.3. The van der Waals surface area contributed by atoms with Crippen LogP contribution in [0.15, 0.2) is 41.1 Å². The minimum atomic E-state index is 0.0514. The second kappa shape index (κ2) is 6.94. The van der Waals surface area contributed by atoms with Crippen LogP contribution in [0.1, 0.15) is 28.8 Å². The van der Waals surface area contributed by atoms with Crippen molar-refractivity contribution >= 4 is 22.9 Å². The summed E-state index contributed by atoms with van der Waals surface area (Å²) >= 11 is 1.55. The van der Waals surface area contributed by atoms with Gasteiger partial charge in [-0.25, -0.2) is 0 Å². The van der Waals surface area contributed by atoms with Crippen molar-refractivity contribution in [2.24, 2.45) is 0 Å². The molecular weight excluding hydrogens is 294 g/mol. The highest BCUT2D eigenvalue weighted by Crippen LogP contribution is 2.16. The molecular formula is C17H21N3OS. The number of piperidine rings is 1. The molecule has 1 aliphatic rings. The lowest BCUT2D eigenvalue weighted by molar-refractivity contribution is 0.0909. The quantitative estimate of drug-likeness (QED) is 0.853. The SMILES string of the molecule is Nc1cccc(CN2CCC(NC(=O)c3ccsc3)CC2)c1. The van der Waals surface area contributed by atoms with Crippen LogP contribution in [0.3, 0.4) is 0 Å². The molecule has 0 saturated carbocycles. The topological polar surface area (TPSA) is 58.4 Å². The van der Waals surface area contributed by atoms with Gasteiger partial charge in [0.15, 0.2) is 0 Å². The number of anilines is 1. The van der Waals surface area contributed by atoms with Crippen molar-refractivity contribution in [2.75, 3.05) is 18.8 Å². The molecule has 1 aliphatic heterocycles. The van der Waals surface area contributed by atoms with Crippen LogP contribution in [-0.4, -0.2) is 29.9 Å². The molecule has 22 heavy (non-hydrogen) atoms. The summed E-state index contributed by atoms with van der Waals surface area (Å²) in [7, 11) is 0. The standard InChI is InChI=1S/C17H21N3OS/c18-15-3-1-2-13(10-15)11-20-7-4-16(5-8-20)19-17(21)14-6-9-22-12-14/h1-3,6,9-10,12,16H,4-5,7-8,11,18H2,(H,19,21). The minimum absolute atomic E-state index is 0.0514. The van der Waals surface area contributed by atoms with Crippen LogP contribution in [0.5, 0.6) is 0 Å². The molecule has 1 amide bonds. The molecule has 1 aromatic carbocycles. The average molecular weight is 315 g/mol. The molecule has 1 aromatic heterocycles. The fourth-order valence-corrected chi connectivity index (χ4v) is 3.48. The highest BCUT2D eigenvalue weighted by molar-refractivity contribution is 7.08. The van der Waals surface area contributed by atoms with E-state index in [9.17, 15) is 4.79 Å². The van der Waals surface area contributed by atoms with Gasteiger partial charge in [0, 0.05) is 42.3 Å². The van der Waals surface area contributed by atoms with E-state index in [1.165, 1.54) is 5.56 Å². The van der Waals surface area contributed by atoms with Gasteiger partial charge in [0.25, 0.3) is 5.91 Å². The van der Waals surface area contributed by atoms with Gasteiger partial charge >= 0.3 is 0 Å². The molecule has 0 bridgehead atoms. The average Bonchev–Trinajstić information content (AvgIpc) is 3.04. The Morgan fingerprint density at radius 2 is 2.14 bits per heavy atom. The highest BCUT2D eigenvalue weighted by atomic mass is 32.1. The van der Waals surface area contributed by atoms with Crippen LogP contribution in [0.2, 0.25) is 0 Å². The van der Waals surface area contributed by atoms with E-state index in [1.807, 2.05) is 35.0 Å². The van der Waals surface area contributed by atoms with Crippen LogP contribution < -0.4 is 11.1 Å². The largest absolute Gasteiger partial charge is 0.399 e. The molecule has 3 rings (SSSR count). The van der Waals surface area contributed by atoms with Gasteiger partial charge in [-0.1, -0.05) is 12.1 Å². The fraction of sp³-hybridized carbons (Fsp3) is 0.353. The molecule has 1 saturated heterocycles. The lowest BCUT2D eigenvalue weighted by Crippen LogP contribution is -2.44. The van der Waals surface area contributed by atoms with Gasteiger partial charge in [-0.05, 0) is 42.0 Å². The molecule has 0 spiro atoms. The third-order valence-electron chi connectivity index (χ3n) is 4.06. The van der Waals surface area contributed by atoms with Crippen molar-refractivity contribution in [1.29, 1.82) is 0 Å². The number of thiophene rings is 1. The first-order chi connectivity index (χ1) is 10.7. The van der Waals surface area contributed by atoms with Gasteiger partial charge in [-0.15, -0.1) is 0 Å². The molecule has 0 unspecified atom stereocenters. The van der Waals surface area contributed by atoms with E-state index in [0.29, 0.717) is 0 Å². The van der Waals surface area contributed by atoms with Crippen LogP contribution in [-0.2, 0) is 6.54 Å². The molecule has 2 heterocycles. The normalized spacial score (nSPS) is 16.5. The Morgan fingerprint density at radius 1 is 1.32 bits per heavy atom. The molecule has 0 radical (unpaired) electrons. The number of carbonyl (C=O) groups excluding carboxylic acids is 1. The van der Waals surface area contributed by atoms with Crippen molar-refractivity contribution in [3.63, 3.8) is 0 Å². The number of nitrogens with two attached hydrogens (primary N) is 1. The number of nitrogen functional groups attached to an aromatic ring is 1. The molecule has 2 aromatic rings. The van der Waals surface area contributed by atoms with E-state index in [0.717, 1.165) is 43.7 Å². The number of nitrogens with one attached hydrogen (secondary N) is 1. The van der Waals surface area contributed by atoms with Gasteiger partial charge in [-0.2, -0.15) is 11.3 Å². The maximum Gasteiger partial charge on any atom is 0.252 e. The number of likely N-dealkylation sites (tertiary alicyclic amines) is 1. The minimum Gasteiger partial charge on any atom is -0.399 e. The summed E-state index contributed by atoms with van der Waals surface area (Å²) in [5.74, 6) is 0.0514. The van der Waals surface area contributed by atoms with E-state index in [-0.39, 0.29) is 11.9 Å². The van der Waals surface area contributed by atoms with E-state index in [1.54, 1.807) is 11.3 Å². The predicted molar refractivity (Wildman–Crippen MR) is 90.9 cm³/mol. The summed E-state index contributed by atoms with van der Waals surface area (Å²) in [6.07, 6.45) is 2.00. The Labute approximate surface area is 134 Å². The third kappa shape index (κ3) is 3.87. The predicted octanol–water partition coefficient (Wildman–Crippen LogP) is 2.72. The highest BCUT2D eigenvalue weighted by Gasteiger charge is 2.21. The lowest BCUT2D eigenvalue weighted by Gasteiger charge is -2.32. The van der Waals surface area contributed by atoms with E-state index in [4.69, 9.17) is 5.73 Å². The van der Waals surface area contributed by atoms with E-state index in [2.05, 4.69) is 16.3 Å². The zero-order valence-electron chi connectivity index (χ0n) is 12.5. The molecule has 1 fully saturated rings. The van der Waals surface area contributed by atoms with Gasteiger partial charge < -0.3 is 11.1 Å². The summed E-state index contributed by atoms with van der Waals surface area (Å²) in [6, 6.07) is 10.2. The molecule has 3 N–H and O–H groups in total. The molecule has 5 heteroatoms. The number of carbonyl (C=O) groups is 1. The van der Waals surface area contributed by atoms with Crippen molar-refractivity contribution in [2.45, 2.75) is 25.4 Å². The number of hydrogen-bond acceptors (Lipinski definition) is 4. The summed E-state index contributed by atoms with van der Waals surface area (Å²) in [4.78, 5) is 14.5. The number of nitrogens with zero attached hydrogens (tertiary/aromatic N) is 1. The Kier molecular flexibility index (Phi) is 4.75. The number of hydrogen-bond donors (Lipinski definition) is 2. The summed E-state index contributed by atoms with van der Waals surface area (Å²) < 4.78 is 0. The van der Waals surface area contributed by atoms with Crippen molar-refractivity contribution in [3.05, 3.63) is 52.2 Å². The Balaban J connectivity index is 1.47. The van der Waals surface area contributed by atoms with Gasteiger partial charge in [0.2, 0.25) is 0 Å². The monoisotopic (exact) mass is 315 g/mol. The van der Waals surface area contributed by atoms with Gasteiger partial charge in [0.05, 0.1) is 0 Å². The van der Waals surface area contributed by atoms with E-state index < -0.39 is 0 Å². The van der Waals surface area contributed by atoms with Crippen molar-refractivity contribution in [1.82, 2.24) is 10.2 Å². The van der Waals surface area contributed by atoms with Gasteiger partial charge in [-0.3, -0.25) is 9.69 Å². The first-order valence-electron chi connectivity index (χ1n) is 7.60. The summed E-state index contributed by atoms with van der Waals surface area (Å²) in [6.45, 7) is 2.93. The Morgan fingerprint density at radius 3 is 2.82 bits per heavy atom. The number of amides is 1. The fourth-order valence-electron chi connectivity index (χ4n) is 2.85. The maximum atomic E-state index is 12.1. The van der Waals surface area contributed by atoms with Crippen molar-refractivity contribution in [3.8, 4) is 0 Å². The maximum absolute atomic E-state index is 12.1. The van der Waals surface area contributed by atoms with Crippen LogP contribution in [0, 0.1) is 0 Å². The first kappa shape index (κ1) is 15.1. The summed E-state index contributed by atoms with van der Waals surface area (Å²) in [5, 5.41) is 6.96. The van der Waals surface area contributed by atoms with Crippen LogP contribution >= 0.6 is 11.3 Å².